The molecule has 1 atom stereocenters. The van der Waals surface area contributed by atoms with E-state index in [9.17, 15) is 13.2 Å². The Bertz CT molecular complexity index is 679. The molecule has 1 aliphatic rings. The van der Waals surface area contributed by atoms with Gasteiger partial charge in [0.05, 0.1) is 4.90 Å². The van der Waals surface area contributed by atoms with Crippen molar-refractivity contribution in [2.24, 2.45) is 5.92 Å². The fraction of sp³-hybridized carbons (Fsp3) is 0.533. The van der Waals surface area contributed by atoms with Gasteiger partial charge in [0.25, 0.3) is 0 Å². The number of benzene rings is 1. The van der Waals surface area contributed by atoms with Gasteiger partial charge >= 0.3 is 0 Å². The molecule has 1 unspecified atom stereocenters. The van der Waals surface area contributed by atoms with Gasteiger partial charge in [-0.1, -0.05) is 22.9 Å². The van der Waals surface area contributed by atoms with Gasteiger partial charge in [0.1, 0.15) is 0 Å². The Kier molecular flexibility index (Phi) is 6.65. The maximum atomic E-state index is 12.3. The highest BCUT2D eigenvalue weighted by Crippen LogP contribution is 2.25. The molecule has 5 nitrogen and oxygen atoms in total. The van der Waals surface area contributed by atoms with Gasteiger partial charge in [0.15, 0.2) is 0 Å². The molecule has 1 heterocycles. The van der Waals surface area contributed by atoms with Gasteiger partial charge in [-0.25, -0.2) is 13.1 Å². The third-order valence-corrected chi connectivity index (χ3v) is 6.76. The number of hydrogen-bond acceptors (Lipinski definition) is 3. The molecule has 1 N–H and O–H groups in total. The van der Waals surface area contributed by atoms with Crippen LogP contribution < -0.4 is 4.72 Å². The van der Waals surface area contributed by atoms with Crippen LogP contribution in [0.5, 0.6) is 0 Å². The van der Waals surface area contributed by atoms with Crippen LogP contribution in [0.15, 0.2) is 32.0 Å². The minimum absolute atomic E-state index is 0.00845. The Hall–Kier alpha value is -0.440. The van der Waals surface area contributed by atoms with E-state index in [2.05, 4.69) is 43.5 Å². The van der Waals surface area contributed by atoms with E-state index in [-0.39, 0.29) is 23.8 Å². The number of carbonyl (C=O) groups is 1. The van der Waals surface area contributed by atoms with E-state index < -0.39 is 10.0 Å². The summed E-state index contributed by atoms with van der Waals surface area (Å²) in [6, 6.07) is 4.86. The molecule has 1 fully saturated rings. The third kappa shape index (κ3) is 5.27. The highest BCUT2D eigenvalue weighted by atomic mass is 79.9. The summed E-state index contributed by atoms with van der Waals surface area (Å²) in [5.41, 5.74) is 0. The number of piperidine rings is 1. The van der Waals surface area contributed by atoms with Crippen molar-refractivity contribution in [2.45, 2.75) is 31.1 Å². The van der Waals surface area contributed by atoms with E-state index in [0.29, 0.717) is 10.4 Å². The maximum Gasteiger partial charge on any atom is 0.241 e. The van der Waals surface area contributed by atoms with Crippen LogP contribution in [0.3, 0.4) is 0 Å². The fourth-order valence-electron chi connectivity index (χ4n) is 2.64. The van der Waals surface area contributed by atoms with Crippen molar-refractivity contribution in [3.8, 4) is 0 Å². The summed E-state index contributed by atoms with van der Waals surface area (Å²) in [6.07, 6.45) is 2.35. The van der Waals surface area contributed by atoms with Crippen molar-refractivity contribution in [1.29, 1.82) is 0 Å². The third-order valence-electron chi connectivity index (χ3n) is 3.82. The van der Waals surface area contributed by atoms with E-state index in [1.165, 1.54) is 6.07 Å². The minimum Gasteiger partial charge on any atom is -0.342 e. The van der Waals surface area contributed by atoms with Crippen LogP contribution in [0.25, 0.3) is 0 Å². The summed E-state index contributed by atoms with van der Waals surface area (Å²) in [5, 5.41) is 0. The first-order chi connectivity index (χ1) is 10.8. The van der Waals surface area contributed by atoms with E-state index >= 15 is 0 Å². The van der Waals surface area contributed by atoms with E-state index in [0.717, 1.165) is 30.4 Å². The van der Waals surface area contributed by atoms with E-state index in [1.54, 1.807) is 12.1 Å². The molecule has 0 aliphatic carbocycles. The molecule has 23 heavy (non-hydrogen) atoms. The number of carbonyl (C=O) groups excluding carboxylic acids is 1. The monoisotopic (exact) mass is 466 g/mol. The van der Waals surface area contributed by atoms with Gasteiger partial charge < -0.3 is 4.90 Å². The van der Waals surface area contributed by atoms with Gasteiger partial charge in [-0.2, -0.15) is 0 Å². The molecule has 0 saturated carbocycles. The van der Waals surface area contributed by atoms with Gasteiger partial charge in [0, 0.05) is 35.0 Å². The Morgan fingerprint density at radius 2 is 2.13 bits per heavy atom. The van der Waals surface area contributed by atoms with Gasteiger partial charge in [-0.05, 0) is 52.9 Å². The molecule has 0 radical (unpaired) electrons. The zero-order valence-corrected chi connectivity index (χ0v) is 16.9. The number of rotatable bonds is 5. The Labute approximate surface area is 154 Å². The lowest BCUT2D eigenvalue weighted by molar-refractivity contribution is -0.132. The molecular weight excluding hydrogens is 448 g/mol. The molecule has 1 aliphatic heterocycles. The molecule has 0 aromatic heterocycles. The molecule has 8 heteroatoms. The predicted molar refractivity (Wildman–Crippen MR) is 96.6 cm³/mol. The normalized spacial score (nSPS) is 18.9. The number of nitrogens with zero attached hydrogens (tertiary/aromatic N) is 1. The maximum absolute atomic E-state index is 12.3. The number of likely N-dealkylation sites (tertiary alicyclic amines) is 1. The largest absolute Gasteiger partial charge is 0.342 e. The molecular formula is C15H20Br2N2O3S. The number of sulfonamides is 1. The summed E-state index contributed by atoms with van der Waals surface area (Å²) in [4.78, 5) is 14.2. The number of hydrogen-bond donors (Lipinski definition) is 1. The molecule has 0 spiro atoms. The smallest absolute Gasteiger partial charge is 0.241 e. The van der Waals surface area contributed by atoms with Crippen LogP contribution in [-0.4, -0.2) is 38.9 Å². The van der Waals surface area contributed by atoms with E-state index in [1.807, 2.05) is 4.90 Å². The van der Waals surface area contributed by atoms with Crippen molar-refractivity contribution in [2.75, 3.05) is 19.6 Å². The van der Waals surface area contributed by atoms with E-state index in [4.69, 9.17) is 0 Å². The average Bonchev–Trinajstić information content (AvgIpc) is 2.46. The second-order valence-corrected chi connectivity index (χ2v) is 9.32. The lowest BCUT2D eigenvalue weighted by Gasteiger charge is -2.31. The Morgan fingerprint density at radius 3 is 2.78 bits per heavy atom. The lowest BCUT2D eigenvalue weighted by atomic mass is 10.0. The molecule has 128 valence electrons. The van der Waals surface area contributed by atoms with Crippen LogP contribution in [0.4, 0.5) is 0 Å². The van der Waals surface area contributed by atoms with Gasteiger partial charge in [-0.3, -0.25) is 4.79 Å². The van der Waals surface area contributed by atoms with Gasteiger partial charge in [0.2, 0.25) is 15.9 Å². The second-order valence-electron chi connectivity index (χ2n) is 5.81. The highest BCUT2D eigenvalue weighted by Gasteiger charge is 2.22. The van der Waals surface area contributed by atoms with Crippen LogP contribution in [0, 0.1) is 5.92 Å². The zero-order chi connectivity index (χ0) is 17.0. The molecule has 1 saturated heterocycles. The van der Waals surface area contributed by atoms with Crippen molar-refractivity contribution < 1.29 is 13.2 Å². The highest BCUT2D eigenvalue weighted by molar-refractivity contribution is 9.11. The van der Waals surface area contributed by atoms with Crippen molar-refractivity contribution >= 4 is 47.8 Å². The van der Waals surface area contributed by atoms with Crippen molar-refractivity contribution in [3.05, 3.63) is 27.1 Å². The molecule has 1 aromatic rings. The number of halogens is 2. The SMILES string of the molecule is CC1CCCN(C(=O)CCNS(=O)(=O)c2ccc(Br)cc2Br)C1. The predicted octanol–water partition coefficient (Wildman–Crippen LogP) is 3.14. The summed E-state index contributed by atoms with van der Waals surface area (Å²) in [5.74, 6) is 0.525. The Morgan fingerprint density at radius 1 is 1.39 bits per heavy atom. The lowest BCUT2D eigenvalue weighted by Crippen LogP contribution is -2.40. The average molecular weight is 468 g/mol. The number of amides is 1. The topological polar surface area (TPSA) is 66.5 Å². The van der Waals surface area contributed by atoms with Crippen LogP contribution in [0.2, 0.25) is 0 Å². The molecule has 0 bridgehead atoms. The first kappa shape index (κ1) is 18.9. The first-order valence-electron chi connectivity index (χ1n) is 7.52. The molecule has 2 rings (SSSR count). The molecule has 1 aromatic carbocycles. The standard InChI is InChI=1S/C15H20Br2N2O3S/c1-11-3-2-8-19(10-11)15(20)6-7-18-23(21,22)14-5-4-12(16)9-13(14)17/h4-5,9,11,18H,2-3,6-8,10H2,1H3. The second kappa shape index (κ2) is 8.09. The molecule has 1 amide bonds. The van der Waals surface area contributed by atoms with Crippen molar-refractivity contribution in [3.63, 3.8) is 0 Å². The quantitative estimate of drug-likeness (QED) is 0.723. The zero-order valence-electron chi connectivity index (χ0n) is 12.9. The summed E-state index contributed by atoms with van der Waals surface area (Å²) < 4.78 is 28.4. The van der Waals surface area contributed by atoms with Crippen LogP contribution in [0.1, 0.15) is 26.2 Å². The van der Waals surface area contributed by atoms with Crippen LogP contribution >= 0.6 is 31.9 Å². The fourth-order valence-corrected chi connectivity index (χ4v) is 5.41. The minimum atomic E-state index is -3.63. The summed E-state index contributed by atoms with van der Waals surface area (Å²) in [7, 11) is -3.63. The Balaban J connectivity index is 1.91. The number of nitrogens with one attached hydrogen (secondary N) is 1. The first-order valence-corrected chi connectivity index (χ1v) is 10.6. The summed E-state index contributed by atoms with van der Waals surface area (Å²) >= 11 is 6.54. The van der Waals surface area contributed by atoms with Crippen LogP contribution in [-0.2, 0) is 14.8 Å². The van der Waals surface area contributed by atoms with Crippen molar-refractivity contribution in [1.82, 2.24) is 9.62 Å². The summed E-state index contributed by atoms with van der Waals surface area (Å²) in [6.45, 7) is 3.78. The van der Waals surface area contributed by atoms with Gasteiger partial charge in [-0.15, -0.1) is 0 Å².